The zero-order valence-corrected chi connectivity index (χ0v) is 14.4. The first-order chi connectivity index (χ1) is 11.0. The van der Waals surface area contributed by atoms with Crippen molar-refractivity contribution >= 4 is 34.8 Å². The largest absolute Gasteiger partial charge is 0.367 e. The molecule has 0 unspecified atom stereocenters. The van der Waals surface area contributed by atoms with Gasteiger partial charge in [-0.25, -0.2) is 0 Å². The summed E-state index contributed by atoms with van der Waals surface area (Å²) in [6, 6.07) is 13.2. The minimum absolute atomic E-state index is 0.0885. The highest BCUT2D eigenvalue weighted by Gasteiger charge is 2.23. The zero-order chi connectivity index (χ0) is 16.4. The Balaban J connectivity index is 1.69. The quantitative estimate of drug-likeness (QED) is 0.809. The Kier molecular flexibility index (Phi) is 4.79. The van der Waals surface area contributed by atoms with E-state index in [1.165, 1.54) is 0 Å². The van der Waals surface area contributed by atoms with Gasteiger partial charge in [0.1, 0.15) is 0 Å². The van der Waals surface area contributed by atoms with Crippen molar-refractivity contribution in [1.29, 1.82) is 0 Å². The van der Waals surface area contributed by atoms with E-state index in [0.29, 0.717) is 23.1 Å². The highest BCUT2D eigenvalue weighted by Crippen LogP contribution is 2.29. The number of amides is 1. The van der Waals surface area contributed by atoms with Crippen LogP contribution in [0.3, 0.4) is 0 Å². The van der Waals surface area contributed by atoms with Crippen LogP contribution in [0.25, 0.3) is 0 Å². The molecule has 0 aromatic heterocycles. The second-order valence-corrected chi connectivity index (χ2v) is 6.59. The summed E-state index contributed by atoms with van der Waals surface area (Å²) in [7, 11) is 0. The van der Waals surface area contributed by atoms with Gasteiger partial charge >= 0.3 is 0 Å². The number of benzene rings is 2. The summed E-state index contributed by atoms with van der Waals surface area (Å²) in [5.41, 5.74) is 2.78. The van der Waals surface area contributed by atoms with Crippen LogP contribution >= 0.6 is 23.2 Å². The first-order valence-corrected chi connectivity index (χ1v) is 8.36. The van der Waals surface area contributed by atoms with E-state index in [4.69, 9.17) is 23.2 Å². The highest BCUT2D eigenvalue weighted by atomic mass is 35.5. The number of hydrogen-bond donors (Lipinski definition) is 0. The van der Waals surface area contributed by atoms with Crippen molar-refractivity contribution in [2.24, 2.45) is 0 Å². The molecule has 1 heterocycles. The van der Waals surface area contributed by atoms with Crippen LogP contribution in [0.2, 0.25) is 10.0 Å². The maximum absolute atomic E-state index is 12.6. The van der Waals surface area contributed by atoms with Crippen LogP contribution < -0.4 is 4.90 Å². The molecule has 2 aromatic rings. The van der Waals surface area contributed by atoms with Crippen molar-refractivity contribution in [3.05, 3.63) is 63.6 Å². The van der Waals surface area contributed by atoms with E-state index >= 15 is 0 Å². The van der Waals surface area contributed by atoms with Crippen molar-refractivity contribution in [3.8, 4) is 0 Å². The van der Waals surface area contributed by atoms with Gasteiger partial charge in [-0.15, -0.1) is 0 Å². The molecular weight excluding hydrogens is 331 g/mol. The summed E-state index contributed by atoms with van der Waals surface area (Å²) >= 11 is 12.3. The van der Waals surface area contributed by atoms with Crippen molar-refractivity contribution in [2.45, 2.75) is 6.92 Å². The van der Waals surface area contributed by atoms with Gasteiger partial charge in [0, 0.05) is 36.8 Å². The Morgan fingerprint density at radius 2 is 1.74 bits per heavy atom. The SMILES string of the molecule is Cc1cccc(C(=O)N2CCN(c3cc(Cl)ccc3Cl)CC2)c1. The number of carbonyl (C=O) groups excluding carboxylic acids is 1. The van der Waals surface area contributed by atoms with E-state index in [0.717, 1.165) is 29.9 Å². The van der Waals surface area contributed by atoms with Gasteiger partial charge in [-0.2, -0.15) is 0 Å². The average Bonchev–Trinajstić information content (AvgIpc) is 2.56. The van der Waals surface area contributed by atoms with Gasteiger partial charge in [0.2, 0.25) is 0 Å². The lowest BCUT2D eigenvalue weighted by atomic mass is 10.1. The van der Waals surface area contributed by atoms with Crippen molar-refractivity contribution in [1.82, 2.24) is 4.90 Å². The van der Waals surface area contributed by atoms with Crippen LogP contribution in [0.1, 0.15) is 15.9 Å². The average molecular weight is 349 g/mol. The fourth-order valence-electron chi connectivity index (χ4n) is 2.84. The molecule has 0 spiro atoms. The van der Waals surface area contributed by atoms with Crippen LogP contribution in [0.4, 0.5) is 5.69 Å². The lowest BCUT2D eigenvalue weighted by Crippen LogP contribution is -2.48. The van der Waals surface area contributed by atoms with E-state index in [-0.39, 0.29) is 5.91 Å². The maximum atomic E-state index is 12.6. The molecule has 5 heteroatoms. The van der Waals surface area contributed by atoms with Crippen molar-refractivity contribution < 1.29 is 4.79 Å². The summed E-state index contributed by atoms with van der Waals surface area (Å²) in [5.74, 6) is 0.0885. The summed E-state index contributed by atoms with van der Waals surface area (Å²) in [5, 5.41) is 1.36. The summed E-state index contributed by atoms with van der Waals surface area (Å²) in [6.45, 7) is 4.84. The molecule has 1 fully saturated rings. The van der Waals surface area contributed by atoms with Gasteiger partial charge in [0.05, 0.1) is 10.7 Å². The summed E-state index contributed by atoms with van der Waals surface area (Å²) < 4.78 is 0. The summed E-state index contributed by atoms with van der Waals surface area (Å²) in [4.78, 5) is 16.6. The van der Waals surface area contributed by atoms with Gasteiger partial charge in [0.15, 0.2) is 0 Å². The molecule has 1 amide bonds. The minimum atomic E-state index is 0.0885. The third-order valence-corrected chi connectivity index (χ3v) is 4.64. The number of rotatable bonds is 2. The Hall–Kier alpha value is -1.71. The van der Waals surface area contributed by atoms with Crippen LogP contribution in [-0.4, -0.2) is 37.0 Å². The predicted molar refractivity (Wildman–Crippen MR) is 95.8 cm³/mol. The fourth-order valence-corrected chi connectivity index (χ4v) is 3.24. The molecule has 2 aromatic carbocycles. The molecule has 0 atom stereocenters. The topological polar surface area (TPSA) is 23.6 Å². The van der Waals surface area contributed by atoms with E-state index in [1.54, 1.807) is 6.07 Å². The van der Waals surface area contributed by atoms with E-state index in [2.05, 4.69) is 4.90 Å². The normalized spacial score (nSPS) is 14.9. The molecule has 1 saturated heterocycles. The minimum Gasteiger partial charge on any atom is -0.367 e. The molecule has 3 rings (SSSR count). The van der Waals surface area contributed by atoms with Gasteiger partial charge in [-0.05, 0) is 37.3 Å². The van der Waals surface area contributed by atoms with Gasteiger partial charge < -0.3 is 9.80 Å². The zero-order valence-electron chi connectivity index (χ0n) is 12.9. The van der Waals surface area contributed by atoms with E-state index in [9.17, 15) is 4.79 Å². The molecule has 23 heavy (non-hydrogen) atoms. The lowest BCUT2D eigenvalue weighted by molar-refractivity contribution is 0.0746. The molecular formula is C18H18Cl2N2O. The Morgan fingerprint density at radius 3 is 2.43 bits per heavy atom. The number of anilines is 1. The molecule has 1 aliphatic heterocycles. The Bertz CT molecular complexity index is 725. The van der Waals surface area contributed by atoms with Crippen LogP contribution in [-0.2, 0) is 0 Å². The lowest BCUT2D eigenvalue weighted by Gasteiger charge is -2.36. The molecule has 0 saturated carbocycles. The van der Waals surface area contributed by atoms with Gasteiger partial charge in [-0.3, -0.25) is 4.79 Å². The third kappa shape index (κ3) is 3.62. The summed E-state index contributed by atoms with van der Waals surface area (Å²) in [6.07, 6.45) is 0. The Morgan fingerprint density at radius 1 is 1.00 bits per heavy atom. The van der Waals surface area contributed by atoms with Crippen molar-refractivity contribution in [2.75, 3.05) is 31.1 Å². The maximum Gasteiger partial charge on any atom is 0.253 e. The number of halogens is 2. The molecule has 120 valence electrons. The molecule has 0 aliphatic carbocycles. The molecule has 3 nitrogen and oxygen atoms in total. The predicted octanol–water partition coefficient (Wildman–Crippen LogP) is 4.26. The Labute approximate surface area is 146 Å². The van der Waals surface area contributed by atoms with Crippen LogP contribution in [0.15, 0.2) is 42.5 Å². The number of piperazine rings is 1. The number of nitrogens with zero attached hydrogens (tertiary/aromatic N) is 2. The third-order valence-electron chi connectivity index (χ3n) is 4.08. The molecule has 1 aliphatic rings. The number of aryl methyl sites for hydroxylation is 1. The monoisotopic (exact) mass is 348 g/mol. The van der Waals surface area contributed by atoms with Gasteiger partial charge in [0.25, 0.3) is 5.91 Å². The second-order valence-electron chi connectivity index (χ2n) is 5.74. The van der Waals surface area contributed by atoms with Crippen LogP contribution in [0, 0.1) is 6.92 Å². The fraction of sp³-hybridized carbons (Fsp3) is 0.278. The highest BCUT2D eigenvalue weighted by molar-refractivity contribution is 6.35. The van der Waals surface area contributed by atoms with E-state index in [1.807, 2.05) is 48.2 Å². The van der Waals surface area contributed by atoms with Crippen LogP contribution in [0.5, 0.6) is 0 Å². The molecule has 0 N–H and O–H groups in total. The first kappa shape index (κ1) is 16.2. The number of carbonyl (C=O) groups is 1. The molecule has 0 radical (unpaired) electrons. The van der Waals surface area contributed by atoms with Gasteiger partial charge in [-0.1, -0.05) is 40.9 Å². The second kappa shape index (κ2) is 6.81. The van der Waals surface area contributed by atoms with E-state index < -0.39 is 0 Å². The number of hydrogen-bond acceptors (Lipinski definition) is 2. The first-order valence-electron chi connectivity index (χ1n) is 7.60. The van der Waals surface area contributed by atoms with Crippen molar-refractivity contribution in [3.63, 3.8) is 0 Å². The smallest absolute Gasteiger partial charge is 0.253 e. The standard InChI is InChI=1S/C18H18Cl2N2O/c1-13-3-2-4-14(11-13)18(23)22-9-7-21(8-10-22)17-12-15(19)5-6-16(17)20/h2-6,11-12H,7-10H2,1H3. The molecule has 0 bridgehead atoms.